The molecule has 1 amide bonds. The predicted octanol–water partition coefficient (Wildman–Crippen LogP) is 7.78. The summed E-state index contributed by atoms with van der Waals surface area (Å²) in [5, 5.41) is 11.7. The molecule has 0 fully saturated rings. The van der Waals surface area contributed by atoms with E-state index in [0.29, 0.717) is 43.6 Å². The normalized spacial score (nSPS) is 15.0. The molecule has 1 aliphatic rings. The zero-order chi connectivity index (χ0) is 28.6. The molecule has 10 heteroatoms. The molecule has 40 heavy (non-hydrogen) atoms. The van der Waals surface area contributed by atoms with Crippen molar-refractivity contribution < 1.29 is 28.9 Å². The van der Waals surface area contributed by atoms with Gasteiger partial charge in [-0.3, -0.25) is 4.79 Å². The average Bonchev–Trinajstić information content (AvgIpc) is 3.23. The number of ether oxygens (including phenoxy) is 3. The fraction of sp³-hybridized carbons (Fsp3) is 0.167. The van der Waals surface area contributed by atoms with E-state index >= 15 is 0 Å². The second-order valence-electron chi connectivity index (χ2n) is 8.32. The minimum atomic E-state index is -0.767. The summed E-state index contributed by atoms with van der Waals surface area (Å²) >= 11 is 10.7. The van der Waals surface area contributed by atoms with Crippen LogP contribution in [0.2, 0.25) is 5.02 Å². The summed E-state index contributed by atoms with van der Waals surface area (Å²) in [7, 11) is 0. The van der Waals surface area contributed by atoms with Gasteiger partial charge in [-0.15, -0.1) is 0 Å². The monoisotopic (exact) mass is 641 g/mol. The average molecular weight is 643 g/mol. The molecule has 206 valence electrons. The number of halogens is 2. The molecule has 4 rings (SSSR count). The highest BCUT2D eigenvalue weighted by Crippen LogP contribution is 2.42. The second kappa shape index (κ2) is 13.7. The Hall–Kier alpha value is -3.53. The molecular formula is C30H25BrClNO6S. The zero-order valence-electron chi connectivity index (χ0n) is 21.6. The number of aliphatic hydroxyl groups excluding tert-OH is 1. The highest BCUT2D eigenvalue weighted by Gasteiger charge is 2.34. The van der Waals surface area contributed by atoms with Crippen LogP contribution in [0.3, 0.4) is 0 Å². The zero-order valence-corrected chi connectivity index (χ0v) is 24.8. The van der Waals surface area contributed by atoms with Gasteiger partial charge in [-0.2, -0.15) is 0 Å². The van der Waals surface area contributed by atoms with Crippen molar-refractivity contribution >= 4 is 62.3 Å². The van der Waals surface area contributed by atoms with Crippen LogP contribution in [-0.2, 0) is 16.1 Å². The fourth-order valence-electron chi connectivity index (χ4n) is 3.74. The van der Waals surface area contributed by atoms with Crippen molar-refractivity contribution in [3.63, 3.8) is 0 Å². The van der Waals surface area contributed by atoms with Gasteiger partial charge >= 0.3 is 5.97 Å². The van der Waals surface area contributed by atoms with Gasteiger partial charge in [0.15, 0.2) is 11.5 Å². The van der Waals surface area contributed by atoms with Gasteiger partial charge < -0.3 is 19.3 Å². The summed E-state index contributed by atoms with van der Waals surface area (Å²) in [5.74, 6) is -0.641. The van der Waals surface area contributed by atoms with Crippen molar-refractivity contribution in [1.29, 1.82) is 0 Å². The number of esters is 1. The third-order valence-corrected chi connectivity index (χ3v) is 7.34. The van der Waals surface area contributed by atoms with E-state index in [2.05, 4.69) is 20.9 Å². The third kappa shape index (κ3) is 7.15. The molecule has 0 aliphatic carbocycles. The summed E-state index contributed by atoms with van der Waals surface area (Å²) in [5.41, 5.74) is 1.74. The predicted molar refractivity (Wildman–Crippen MR) is 161 cm³/mol. The summed E-state index contributed by atoms with van der Waals surface area (Å²) in [6, 6.07) is 19.4. The number of aliphatic imine (C=N–C) groups is 1. The molecule has 1 aliphatic heterocycles. The van der Waals surface area contributed by atoms with Crippen LogP contribution in [0.1, 0.15) is 35.3 Å². The highest BCUT2D eigenvalue weighted by atomic mass is 79.9. The number of nitrogens with zero attached hydrogens (tertiary/aromatic N) is 1. The summed E-state index contributed by atoms with van der Waals surface area (Å²) < 4.78 is 17.6. The van der Waals surface area contributed by atoms with E-state index in [-0.39, 0.29) is 29.6 Å². The first-order chi connectivity index (χ1) is 19.3. The van der Waals surface area contributed by atoms with Crippen LogP contribution in [0.4, 0.5) is 0 Å². The van der Waals surface area contributed by atoms with E-state index < -0.39 is 11.9 Å². The van der Waals surface area contributed by atoms with Crippen molar-refractivity contribution in [1.82, 2.24) is 0 Å². The van der Waals surface area contributed by atoms with Gasteiger partial charge in [0, 0.05) is 10.6 Å². The number of amides is 1. The van der Waals surface area contributed by atoms with E-state index in [4.69, 9.17) is 25.8 Å². The Kier molecular flexibility index (Phi) is 10.1. The Morgan fingerprint density at radius 2 is 1.80 bits per heavy atom. The van der Waals surface area contributed by atoms with Crippen LogP contribution in [0.25, 0.3) is 6.08 Å². The maximum absolute atomic E-state index is 12.8. The molecule has 7 nitrogen and oxygen atoms in total. The number of carbonyl (C=O) groups is 2. The maximum atomic E-state index is 12.8. The smallest absolute Gasteiger partial charge is 0.344 e. The molecule has 1 N–H and O–H groups in total. The number of thioether (sulfide) groups is 1. The molecule has 0 saturated carbocycles. The van der Waals surface area contributed by atoms with Crippen LogP contribution in [0.5, 0.6) is 11.5 Å². The van der Waals surface area contributed by atoms with Crippen molar-refractivity contribution in [3.8, 4) is 11.5 Å². The molecule has 1 heterocycles. The van der Waals surface area contributed by atoms with Crippen LogP contribution in [-0.4, -0.2) is 35.2 Å². The molecule has 0 spiro atoms. The van der Waals surface area contributed by atoms with Gasteiger partial charge in [-0.1, -0.05) is 53.7 Å². The van der Waals surface area contributed by atoms with Gasteiger partial charge in [0.05, 0.1) is 22.6 Å². The highest BCUT2D eigenvalue weighted by molar-refractivity contribution is 9.10. The van der Waals surface area contributed by atoms with Crippen LogP contribution >= 0.6 is 39.3 Å². The SMILES string of the molecule is CCOC(=O)C1=C(O)/C(=C/c2cc(Br)c(OCc3cccc(Cl)c3)c(OCC)c2)SC1=NC(=O)c1ccccc1. The van der Waals surface area contributed by atoms with Gasteiger partial charge in [-0.25, -0.2) is 9.79 Å². The molecule has 0 bridgehead atoms. The lowest BCUT2D eigenvalue weighted by atomic mass is 10.1. The number of aliphatic hydroxyl groups is 1. The molecule has 0 radical (unpaired) electrons. The molecule has 0 saturated heterocycles. The van der Waals surface area contributed by atoms with E-state index in [0.717, 1.165) is 17.3 Å². The number of carbonyl (C=O) groups excluding carboxylic acids is 2. The van der Waals surface area contributed by atoms with Crippen molar-refractivity contribution in [2.75, 3.05) is 13.2 Å². The van der Waals surface area contributed by atoms with Gasteiger partial charge in [0.25, 0.3) is 5.91 Å². The lowest BCUT2D eigenvalue weighted by molar-refractivity contribution is -0.138. The van der Waals surface area contributed by atoms with Crippen LogP contribution in [0, 0.1) is 0 Å². The number of hydrogen-bond donors (Lipinski definition) is 1. The van der Waals surface area contributed by atoms with Gasteiger partial charge in [0.2, 0.25) is 0 Å². The maximum Gasteiger partial charge on any atom is 0.344 e. The summed E-state index contributed by atoms with van der Waals surface area (Å²) in [6.45, 7) is 4.28. The first-order valence-corrected chi connectivity index (χ1v) is 14.3. The van der Waals surface area contributed by atoms with Crippen LogP contribution in [0.15, 0.2) is 92.4 Å². The van der Waals surface area contributed by atoms with Gasteiger partial charge in [-0.05, 0) is 83.4 Å². The molecule has 0 atom stereocenters. The largest absolute Gasteiger partial charge is 0.506 e. The molecular weight excluding hydrogens is 618 g/mol. The lowest BCUT2D eigenvalue weighted by Crippen LogP contribution is -2.14. The topological polar surface area (TPSA) is 94.4 Å². The van der Waals surface area contributed by atoms with E-state index in [1.54, 1.807) is 61.5 Å². The molecule has 3 aromatic rings. The third-order valence-electron chi connectivity index (χ3n) is 5.50. The van der Waals surface area contributed by atoms with E-state index in [1.165, 1.54) is 0 Å². The van der Waals surface area contributed by atoms with E-state index in [9.17, 15) is 14.7 Å². The quantitative estimate of drug-likeness (QED) is 0.238. The van der Waals surface area contributed by atoms with E-state index in [1.807, 2.05) is 25.1 Å². The Morgan fingerprint density at radius 1 is 1.02 bits per heavy atom. The lowest BCUT2D eigenvalue weighted by Gasteiger charge is -2.15. The van der Waals surface area contributed by atoms with Crippen molar-refractivity contribution in [2.45, 2.75) is 20.5 Å². The minimum Gasteiger partial charge on any atom is -0.506 e. The second-order valence-corrected chi connectivity index (χ2v) is 10.6. The Bertz CT molecular complexity index is 1520. The number of hydrogen-bond acceptors (Lipinski definition) is 7. The molecule has 0 unspecified atom stereocenters. The van der Waals surface area contributed by atoms with Crippen molar-refractivity contribution in [3.05, 3.63) is 109 Å². The fourth-order valence-corrected chi connectivity index (χ4v) is 5.54. The summed E-state index contributed by atoms with van der Waals surface area (Å²) in [6.07, 6.45) is 1.67. The standard InChI is InChI=1S/C30H25BrClNO6S/c1-3-37-23-15-19(14-22(31)27(23)39-17-18-9-8-12-21(32)13-18)16-24-26(34)25(30(36)38-4-2)29(40-24)33-28(35)20-10-6-5-7-11-20/h5-16,34H,3-4,17H2,1-2H3/b24-16-,33-29?. The Morgan fingerprint density at radius 3 is 2.50 bits per heavy atom. The molecule has 3 aromatic carbocycles. The summed E-state index contributed by atoms with van der Waals surface area (Å²) in [4.78, 5) is 29.9. The first-order valence-electron chi connectivity index (χ1n) is 12.3. The number of benzene rings is 3. The van der Waals surface area contributed by atoms with Gasteiger partial charge in [0.1, 0.15) is 23.0 Å². The van der Waals surface area contributed by atoms with Crippen molar-refractivity contribution in [2.24, 2.45) is 4.99 Å². The first kappa shape index (κ1) is 29.5. The van der Waals surface area contributed by atoms with Crippen LogP contribution < -0.4 is 9.47 Å². The Balaban J connectivity index is 1.67. The molecule has 0 aromatic heterocycles. The number of rotatable bonds is 9. The Labute approximate surface area is 249 Å². The minimum absolute atomic E-state index is 0.0571.